The minimum Gasteiger partial charge on any atom is -1.00 e. The van der Waals surface area contributed by atoms with Gasteiger partial charge in [0.2, 0.25) is 0 Å². The van der Waals surface area contributed by atoms with Crippen LogP contribution in [0.1, 0.15) is 1.43 Å². The number of hydrogen-bond acceptors (Lipinski definition) is 2. The summed E-state index contributed by atoms with van der Waals surface area (Å²) in [5.74, 6) is 0. The van der Waals surface area contributed by atoms with Gasteiger partial charge in [0, 0.05) is 0 Å². The summed E-state index contributed by atoms with van der Waals surface area (Å²) < 4.78 is 26.6. The fourth-order valence-electron chi connectivity index (χ4n) is 0.385. The molecule has 68 valence electrons. The molecule has 1 aromatic carbocycles. The molecular formula is C8H11KO3S. The van der Waals surface area contributed by atoms with Crippen LogP contribution in [0.15, 0.2) is 48.4 Å². The van der Waals surface area contributed by atoms with Gasteiger partial charge in [0.25, 0.3) is 10.1 Å². The number of rotatable bonds is 1. The van der Waals surface area contributed by atoms with E-state index in [2.05, 4.69) is 6.58 Å². The average Bonchev–Trinajstić information content (AvgIpc) is 2.07. The molecule has 0 saturated heterocycles. The molecular weight excluding hydrogens is 215 g/mol. The molecule has 0 unspecified atom stereocenters. The molecule has 0 saturated carbocycles. The Balaban J connectivity index is -0.000000151. The Kier molecular flexibility index (Phi) is 11.1. The summed E-state index contributed by atoms with van der Waals surface area (Å²) >= 11 is 0. The largest absolute Gasteiger partial charge is 1.00 e. The Morgan fingerprint density at radius 3 is 1.31 bits per heavy atom. The summed E-state index contributed by atoms with van der Waals surface area (Å²) in [5.41, 5.74) is 0. The van der Waals surface area contributed by atoms with E-state index in [-0.39, 0.29) is 52.8 Å². The summed E-state index contributed by atoms with van der Waals surface area (Å²) in [6.07, 6.45) is 0. The average molecular weight is 226 g/mol. The molecule has 0 radical (unpaired) electrons. The van der Waals surface area contributed by atoms with Crippen LogP contribution in [0.3, 0.4) is 0 Å². The van der Waals surface area contributed by atoms with Crippen molar-refractivity contribution in [1.82, 2.24) is 0 Å². The standard InChI is InChI=1S/C6H6.C2H4O3S.K.H/c1-2-4-6-5-3-1;1-2-6(3,4)5;;/h1-6H;2H,1H2,(H,3,4,5);;/q;;+1;-1. The van der Waals surface area contributed by atoms with Crippen LogP contribution in [0.25, 0.3) is 0 Å². The van der Waals surface area contributed by atoms with Crippen molar-refractivity contribution >= 4 is 10.1 Å². The molecule has 0 spiro atoms. The van der Waals surface area contributed by atoms with Crippen molar-refractivity contribution in [2.24, 2.45) is 0 Å². The van der Waals surface area contributed by atoms with Crippen molar-refractivity contribution in [3.05, 3.63) is 48.4 Å². The van der Waals surface area contributed by atoms with Crippen LogP contribution < -0.4 is 51.4 Å². The van der Waals surface area contributed by atoms with Gasteiger partial charge in [-0.2, -0.15) is 8.42 Å². The van der Waals surface area contributed by atoms with Gasteiger partial charge in [0.1, 0.15) is 0 Å². The first-order chi connectivity index (χ1) is 5.56. The van der Waals surface area contributed by atoms with E-state index in [9.17, 15) is 8.42 Å². The summed E-state index contributed by atoms with van der Waals surface area (Å²) in [6.45, 7) is 2.79. The molecule has 0 fully saturated rings. The predicted molar refractivity (Wildman–Crippen MR) is 49.3 cm³/mol. The molecule has 0 aromatic heterocycles. The molecule has 0 amide bonds. The molecule has 1 rings (SSSR count). The van der Waals surface area contributed by atoms with Crippen molar-refractivity contribution < 1.29 is 65.8 Å². The van der Waals surface area contributed by atoms with Crippen molar-refractivity contribution in [3.63, 3.8) is 0 Å². The second-order valence-electron chi connectivity index (χ2n) is 1.84. The van der Waals surface area contributed by atoms with Crippen LogP contribution in [-0.2, 0) is 10.1 Å². The van der Waals surface area contributed by atoms with E-state index in [1.54, 1.807) is 0 Å². The second kappa shape index (κ2) is 9.08. The van der Waals surface area contributed by atoms with Crippen LogP contribution in [0.4, 0.5) is 0 Å². The summed E-state index contributed by atoms with van der Waals surface area (Å²) in [7, 11) is -3.90. The van der Waals surface area contributed by atoms with Gasteiger partial charge in [-0.3, -0.25) is 4.55 Å². The first-order valence-electron chi connectivity index (χ1n) is 3.16. The summed E-state index contributed by atoms with van der Waals surface area (Å²) in [6, 6.07) is 12.0. The Morgan fingerprint density at radius 2 is 1.23 bits per heavy atom. The van der Waals surface area contributed by atoms with E-state index < -0.39 is 10.1 Å². The van der Waals surface area contributed by atoms with Crippen LogP contribution in [0.5, 0.6) is 0 Å². The quantitative estimate of drug-likeness (QED) is 0.484. The third kappa shape index (κ3) is 15.3. The van der Waals surface area contributed by atoms with Gasteiger partial charge in [-0.25, -0.2) is 0 Å². The topological polar surface area (TPSA) is 54.4 Å². The minimum absolute atomic E-state index is 0. The first kappa shape index (κ1) is 16.0. The van der Waals surface area contributed by atoms with E-state index in [4.69, 9.17) is 4.55 Å². The molecule has 13 heavy (non-hydrogen) atoms. The molecule has 0 atom stereocenters. The molecule has 1 N–H and O–H groups in total. The molecule has 3 nitrogen and oxygen atoms in total. The third-order valence-electron chi connectivity index (χ3n) is 0.877. The smallest absolute Gasteiger partial charge is 1.00 e. The van der Waals surface area contributed by atoms with E-state index >= 15 is 0 Å². The number of hydrogen-bond donors (Lipinski definition) is 1. The van der Waals surface area contributed by atoms with Gasteiger partial charge in [-0.05, 0) is 0 Å². The number of benzene rings is 1. The van der Waals surface area contributed by atoms with E-state index in [0.29, 0.717) is 5.41 Å². The van der Waals surface area contributed by atoms with Crippen molar-refractivity contribution in [3.8, 4) is 0 Å². The van der Waals surface area contributed by atoms with Gasteiger partial charge >= 0.3 is 51.4 Å². The normalized spacial score (nSPS) is 8.69. The molecule has 0 aliphatic carbocycles. The third-order valence-corrected chi connectivity index (χ3v) is 1.30. The zero-order valence-corrected chi connectivity index (χ0v) is 11.4. The maximum absolute atomic E-state index is 9.44. The zero-order valence-electron chi connectivity index (χ0n) is 8.42. The van der Waals surface area contributed by atoms with E-state index in [1.807, 2.05) is 36.4 Å². The zero-order chi connectivity index (χ0) is 9.45. The van der Waals surface area contributed by atoms with Gasteiger partial charge < -0.3 is 1.43 Å². The predicted octanol–water partition coefficient (Wildman–Crippen LogP) is -1.18. The van der Waals surface area contributed by atoms with Crippen LogP contribution in [-0.4, -0.2) is 13.0 Å². The maximum atomic E-state index is 9.44. The Bertz CT molecular complexity index is 274. The van der Waals surface area contributed by atoms with Gasteiger partial charge in [0.15, 0.2) is 0 Å². The van der Waals surface area contributed by atoms with Crippen LogP contribution in [0.2, 0.25) is 0 Å². The molecule has 0 aliphatic heterocycles. The Hall–Kier alpha value is 0.506. The van der Waals surface area contributed by atoms with E-state index in [0.717, 1.165) is 0 Å². The Labute approximate surface area is 123 Å². The van der Waals surface area contributed by atoms with Gasteiger partial charge in [-0.1, -0.05) is 43.0 Å². The molecule has 0 bridgehead atoms. The second-order valence-corrected chi connectivity index (χ2v) is 3.20. The summed E-state index contributed by atoms with van der Waals surface area (Å²) in [5, 5.41) is 0.465. The summed E-state index contributed by atoms with van der Waals surface area (Å²) in [4.78, 5) is 0. The molecule has 1 aromatic rings. The SMILES string of the molecule is C=CS(=O)(=O)O.[H-].[K+].c1ccccc1. The van der Waals surface area contributed by atoms with Gasteiger partial charge in [-0.15, -0.1) is 0 Å². The van der Waals surface area contributed by atoms with Crippen LogP contribution >= 0.6 is 0 Å². The van der Waals surface area contributed by atoms with E-state index in [1.165, 1.54) is 0 Å². The van der Waals surface area contributed by atoms with Crippen molar-refractivity contribution in [1.29, 1.82) is 0 Å². The van der Waals surface area contributed by atoms with Crippen LogP contribution in [0, 0.1) is 0 Å². The molecule has 0 aliphatic rings. The van der Waals surface area contributed by atoms with Crippen molar-refractivity contribution in [2.45, 2.75) is 0 Å². The minimum atomic E-state index is -3.90. The maximum Gasteiger partial charge on any atom is 1.00 e. The fraction of sp³-hybridized carbons (Fsp3) is 0. The first-order valence-corrected chi connectivity index (χ1v) is 4.66. The van der Waals surface area contributed by atoms with Crippen molar-refractivity contribution in [2.75, 3.05) is 0 Å². The molecule has 5 heteroatoms. The monoisotopic (exact) mass is 226 g/mol. The fourth-order valence-corrected chi connectivity index (χ4v) is 0.385. The van der Waals surface area contributed by atoms with Gasteiger partial charge in [0.05, 0.1) is 5.41 Å². The Morgan fingerprint density at radius 1 is 1.08 bits per heavy atom. The molecule has 0 heterocycles.